The Kier molecular flexibility index (Phi) is 4.91. The summed E-state index contributed by atoms with van der Waals surface area (Å²) in [5.41, 5.74) is 4.50. The quantitative estimate of drug-likeness (QED) is 0.636. The molecule has 2 atom stereocenters. The van der Waals surface area contributed by atoms with E-state index < -0.39 is 6.09 Å². The molecule has 3 aromatic rings. The van der Waals surface area contributed by atoms with Crippen LogP contribution >= 0.6 is 0 Å². The first kappa shape index (κ1) is 19.6. The summed E-state index contributed by atoms with van der Waals surface area (Å²) in [5, 5.41) is 2.78. The average Bonchev–Trinajstić information content (AvgIpc) is 3.21. The Labute approximate surface area is 183 Å². The molecule has 0 spiro atoms. The number of likely N-dealkylation sites (N-methyl/N-ethyl adjacent to an activating group) is 1. The van der Waals surface area contributed by atoms with Crippen molar-refractivity contribution < 1.29 is 9.53 Å². The molecule has 1 unspecified atom stereocenters. The molecule has 1 amide bonds. The molecule has 1 N–H and O–H groups in total. The summed E-state index contributed by atoms with van der Waals surface area (Å²) in [4.78, 5) is 17.3. The SMILES string of the molecule is CN1c2ccc(OC(=O)Nc3ccccc3)cc2[C@@]2(C)CCN(Cc3ccccc3)C12. The van der Waals surface area contributed by atoms with E-state index in [4.69, 9.17) is 4.74 Å². The van der Waals surface area contributed by atoms with Crippen molar-refractivity contribution in [2.75, 3.05) is 23.8 Å². The first-order chi connectivity index (χ1) is 15.0. The molecule has 3 aromatic carbocycles. The molecule has 5 rings (SSSR count). The van der Waals surface area contributed by atoms with Crippen molar-refractivity contribution in [2.24, 2.45) is 0 Å². The van der Waals surface area contributed by atoms with E-state index in [9.17, 15) is 4.79 Å². The molecule has 1 fully saturated rings. The molecule has 2 aliphatic heterocycles. The van der Waals surface area contributed by atoms with Crippen LogP contribution in [0.1, 0.15) is 24.5 Å². The Morgan fingerprint density at radius 3 is 2.52 bits per heavy atom. The molecule has 0 bridgehead atoms. The van der Waals surface area contributed by atoms with Crippen LogP contribution in [0.3, 0.4) is 0 Å². The Balaban J connectivity index is 1.36. The minimum absolute atomic E-state index is 0.00581. The van der Waals surface area contributed by atoms with Gasteiger partial charge in [-0.25, -0.2) is 4.79 Å². The van der Waals surface area contributed by atoms with Crippen molar-refractivity contribution in [3.8, 4) is 5.75 Å². The first-order valence-corrected chi connectivity index (χ1v) is 10.7. The topological polar surface area (TPSA) is 44.8 Å². The van der Waals surface area contributed by atoms with Crippen molar-refractivity contribution in [3.63, 3.8) is 0 Å². The van der Waals surface area contributed by atoms with Crippen LogP contribution in [0.15, 0.2) is 78.9 Å². The first-order valence-electron chi connectivity index (χ1n) is 10.7. The fourth-order valence-corrected chi connectivity index (χ4v) is 5.21. The van der Waals surface area contributed by atoms with E-state index >= 15 is 0 Å². The van der Waals surface area contributed by atoms with Gasteiger partial charge < -0.3 is 9.64 Å². The second-order valence-electron chi connectivity index (χ2n) is 8.67. The molecule has 1 saturated heterocycles. The van der Waals surface area contributed by atoms with Gasteiger partial charge in [0, 0.05) is 36.9 Å². The van der Waals surface area contributed by atoms with Crippen LogP contribution in [-0.4, -0.2) is 30.8 Å². The van der Waals surface area contributed by atoms with E-state index in [0.29, 0.717) is 11.4 Å². The number of hydrogen-bond donors (Lipinski definition) is 1. The lowest BCUT2D eigenvalue weighted by molar-refractivity contribution is 0.213. The number of fused-ring (bicyclic) bond motifs is 3. The summed E-state index contributed by atoms with van der Waals surface area (Å²) in [6, 6.07) is 26.0. The highest BCUT2D eigenvalue weighted by atomic mass is 16.6. The van der Waals surface area contributed by atoms with Crippen LogP contribution < -0.4 is 15.0 Å². The third-order valence-electron chi connectivity index (χ3n) is 6.62. The second-order valence-corrected chi connectivity index (χ2v) is 8.67. The standard InChI is InChI=1S/C26H27N3O2/c1-26-15-16-29(18-19-9-5-3-6-10-19)24(26)28(2)23-14-13-21(17-22(23)26)31-25(30)27-20-11-7-4-8-12-20/h3-14,17,24H,15-16,18H2,1-2H3,(H,27,30)/t24?,26-/m1/s1. The molecular weight excluding hydrogens is 386 g/mol. The normalized spacial score (nSPS) is 22.1. The largest absolute Gasteiger partial charge is 0.417 e. The maximum Gasteiger partial charge on any atom is 0.417 e. The number of carbonyl (C=O) groups excluding carboxylic acids is 1. The van der Waals surface area contributed by atoms with Gasteiger partial charge in [0.25, 0.3) is 0 Å². The molecule has 0 saturated carbocycles. The van der Waals surface area contributed by atoms with Gasteiger partial charge in [0.2, 0.25) is 0 Å². The van der Waals surface area contributed by atoms with Gasteiger partial charge in [0.1, 0.15) is 5.75 Å². The number of likely N-dealkylation sites (tertiary alicyclic amines) is 1. The average molecular weight is 414 g/mol. The van der Waals surface area contributed by atoms with Crippen molar-refractivity contribution >= 4 is 17.5 Å². The summed E-state index contributed by atoms with van der Waals surface area (Å²) < 4.78 is 5.61. The van der Waals surface area contributed by atoms with Crippen molar-refractivity contribution in [1.29, 1.82) is 0 Å². The third kappa shape index (κ3) is 3.55. The van der Waals surface area contributed by atoms with Crippen molar-refractivity contribution in [3.05, 3.63) is 90.0 Å². The number of para-hydroxylation sites is 1. The number of rotatable bonds is 4. The lowest BCUT2D eigenvalue weighted by Gasteiger charge is -2.34. The van der Waals surface area contributed by atoms with Crippen LogP contribution in [0.5, 0.6) is 5.75 Å². The predicted octanol–water partition coefficient (Wildman–Crippen LogP) is 5.24. The maximum atomic E-state index is 12.4. The number of carbonyl (C=O) groups is 1. The van der Waals surface area contributed by atoms with E-state index in [1.54, 1.807) is 0 Å². The van der Waals surface area contributed by atoms with E-state index in [1.807, 2.05) is 42.5 Å². The summed E-state index contributed by atoms with van der Waals surface area (Å²) >= 11 is 0. The molecule has 31 heavy (non-hydrogen) atoms. The molecule has 5 nitrogen and oxygen atoms in total. The number of nitrogens with one attached hydrogen (secondary N) is 1. The zero-order chi connectivity index (χ0) is 21.4. The van der Waals surface area contributed by atoms with Gasteiger partial charge in [-0.3, -0.25) is 10.2 Å². The summed E-state index contributed by atoms with van der Waals surface area (Å²) in [6.07, 6.45) is 0.883. The molecular formula is C26H27N3O2. The fourth-order valence-electron chi connectivity index (χ4n) is 5.21. The van der Waals surface area contributed by atoms with Gasteiger partial charge in [-0.1, -0.05) is 55.5 Å². The lowest BCUT2D eigenvalue weighted by Crippen LogP contribution is -2.46. The van der Waals surface area contributed by atoms with Crippen molar-refractivity contribution in [1.82, 2.24) is 4.90 Å². The number of ether oxygens (including phenoxy) is 1. The van der Waals surface area contributed by atoms with E-state index in [0.717, 1.165) is 19.5 Å². The van der Waals surface area contributed by atoms with Gasteiger partial charge in [-0.05, 0) is 47.9 Å². The van der Waals surface area contributed by atoms with Crippen LogP contribution in [0, 0.1) is 0 Å². The van der Waals surface area contributed by atoms with Gasteiger partial charge in [0.05, 0.1) is 6.17 Å². The van der Waals surface area contributed by atoms with Crippen LogP contribution in [-0.2, 0) is 12.0 Å². The van der Waals surface area contributed by atoms with Gasteiger partial charge >= 0.3 is 6.09 Å². The number of nitrogens with zero attached hydrogens (tertiary/aromatic N) is 2. The highest BCUT2D eigenvalue weighted by molar-refractivity contribution is 5.86. The van der Waals surface area contributed by atoms with Gasteiger partial charge in [-0.15, -0.1) is 0 Å². The van der Waals surface area contributed by atoms with Crippen LogP contribution in [0.4, 0.5) is 16.2 Å². The predicted molar refractivity (Wildman–Crippen MR) is 124 cm³/mol. The molecule has 2 heterocycles. The highest BCUT2D eigenvalue weighted by Crippen LogP contribution is 2.52. The number of amides is 1. The lowest BCUT2D eigenvalue weighted by atomic mass is 9.81. The third-order valence-corrected chi connectivity index (χ3v) is 6.62. The van der Waals surface area contributed by atoms with Crippen LogP contribution in [0.2, 0.25) is 0 Å². The Bertz CT molecular complexity index is 1090. The fraction of sp³-hybridized carbons (Fsp3) is 0.269. The Hall–Kier alpha value is -3.31. The Morgan fingerprint density at radius 2 is 1.77 bits per heavy atom. The minimum Gasteiger partial charge on any atom is -0.410 e. The Morgan fingerprint density at radius 1 is 1.06 bits per heavy atom. The summed E-state index contributed by atoms with van der Waals surface area (Å²) in [6.45, 7) is 4.31. The highest BCUT2D eigenvalue weighted by Gasteiger charge is 2.53. The number of hydrogen-bond acceptors (Lipinski definition) is 4. The smallest absolute Gasteiger partial charge is 0.410 e. The summed E-state index contributed by atoms with van der Waals surface area (Å²) in [7, 11) is 2.17. The molecule has 0 aliphatic carbocycles. The molecule has 0 aromatic heterocycles. The van der Waals surface area contributed by atoms with Gasteiger partial charge in [-0.2, -0.15) is 0 Å². The van der Waals surface area contributed by atoms with Crippen molar-refractivity contribution in [2.45, 2.75) is 31.5 Å². The molecule has 5 heteroatoms. The van der Waals surface area contributed by atoms with E-state index in [1.165, 1.54) is 16.8 Å². The monoisotopic (exact) mass is 413 g/mol. The maximum absolute atomic E-state index is 12.4. The van der Waals surface area contributed by atoms with E-state index in [-0.39, 0.29) is 11.6 Å². The zero-order valence-corrected chi connectivity index (χ0v) is 17.9. The van der Waals surface area contributed by atoms with Crippen LogP contribution in [0.25, 0.3) is 0 Å². The minimum atomic E-state index is -0.476. The number of benzene rings is 3. The molecule has 2 aliphatic rings. The van der Waals surface area contributed by atoms with Gasteiger partial charge in [0.15, 0.2) is 0 Å². The number of anilines is 2. The molecule has 0 radical (unpaired) electrons. The molecule has 158 valence electrons. The summed E-state index contributed by atoms with van der Waals surface area (Å²) in [5.74, 6) is 0.573. The second kappa shape index (κ2) is 7.75. The van der Waals surface area contributed by atoms with E-state index in [2.05, 4.69) is 65.5 Å². The zero-order valence-electron chi connectivity index (χ0n) is 17.9.